The van der Waals surface area contributed by atoms with Gasteiger partial charge in [0.15, 0.2) is 11.2 Å². The van der Waals surface area contributed by atoms with Gasteiger partial charge in [0.1, 0.15) is 0 Å². The Morgan fingerprint density at radius 1 is 1.16 bits per heavy atom. The topological polar surface area (TPSA) is 116 Å². The summed E-state index contributed by atoms with van der Waals surface area (Å²) in [4.78, 5) is 8.98. The van der Waals surface area contributed by atoms with Gasteiger partial charge >= 0.3 is 0 Å². The quantitative estimate of drug-likeness (QED) is 0.406. The minimum atomic E-state index is -0.251. The van der Waals surface area contributed by atoms with Crippen molar-refractivity contribution in [1.82, 2.24) is 34.7 Å². The third-order valence-corrected chi connectivity index (χ3v) is 5.68. The molecule has 0 aliphatic heterocycles. The van der Waals surface area contributed by atoms with E-state index in [0.29, 0.717) is 36.7 Å². The fourth-order valence-electron chi connectivity index (χ4n) is 3.98. The number of nitrogens with zero attached hydrogens (tertiary/aromatic N) is 7. The van der Waals surface area contributed by atoms with E-state index in [9.17, 15) is 5.11 Å². The zero-order valence-corrected chi connectivity index (χ0v) is 17.9. The molecule has 1 aliphatic carbocycles. The highest BCUT2D eigenvalue weighted by atomic mass is 16.5. The highest BCUT2D eigenvalue weighted by molar-refractivity contribution is 5.72. The number of hydrogen-bond donors (Lipinski definition) is 2. The molecular weight excluding hydrogens is 408 g/mol. The van der Waals surface area contributed by atoms with E-state index in [1.807, 2.05) is 48.3 Å². The maximum atomic E-state index is 9.75. The van der Waals surface area contributed by atoms with Crippen LogP contribution < -0.4 is 5.32 Å². The number of ether oxygens (including phenoxy) is 1. The molecular formula is C22H26N8O2. The number of rotatable bonds is 8. The van der Waals surface area contributed by atoms with Crippen LogP contribution in [0.15, 0.2) is 42.9 Å². The zero-order chi connectivity index (χ0) is 21.9. The van der Waals surface area contributed by atoms with Gasteiger partial charge in [-0.1, -0.05) is 17.3 Å². The van der Waals surface area contributed by atoms with E-state index in [-0.39, 0.29) is 12.1 Å². The summed E-state index contributed by atoms with van der Waals surface area (Å²) < 4.78 is 8.99. The molecule has 0 radical (unpaired) electrons. The van der Waals surface area contributed by atoms with E-state index < -0.39 is 0 Å². The summed E-state index contributed by atoms with van der Waals surface area (Å²) in [7, 11) is 0. The Morgan fingerprint density at radius 2 is 2.03 bits per heavy atom. The second-order valence-electron chi connectivity index (χ2n) is 7.95. The first kappa shape index (κ1) is 20.5. The predicted molar refractivity (Wildman–Crippen MR) is 119 cm³/mol. The number of aliphatic hydroxyl groups excluding tert-OH is 1. The normalized spacial score (nSPS) is 18.4. The van der Waals surface area contributed by atoms with Gasteiger partial charge in [-0.3, -0.25) is 4.68 Å². The van der Waals surface area contributed by atoms with Crippen molar-refractivity contribution in [3.05, 3.63) is 42.9 Å². The molecule has 3 aromatic heterocycles. The van der Waals surface area contributed by atoms with Crippen molar-refractivity contribution in [3.8, 4) is 16.8 Å². The Morgan fingerprint density at radius 3 is 2.81 bits per heavy atom. The second kappa shape index (κ2) is 9.01. The molecule has 1 aromatic carbocycles. The van der Waals surface area contributed by atoms with Crippen LogP contribution in [-0.2, 0) is 11.3 Å². The monoisotopic (exact) mass is 434 g/mol. The summed E-state index contributed by atoms with van der Waals surface area (Å²) >= 11 is 0. The van der Waals surface area contributed by atoms with Crippen LogP contribution in [0.3, 0.4) is 0 Å². The lowest BCUT2D eigenvalue weighted by Gasteiger charge is -2.11. The molecule has 10 nitrogen and oxygen atoms in total. The number of anilines is 1. The average molecular weight is 435 g/mol. The fourth-order valence-corrected chi connectivity index (χ4v) is 3.98. The molecule has 5 rings (SSSR count). The maximum Gasteiger partial charge on any atom is 0.225 e. The predicted octanol–water partition coefficient (Wildman–Crippen LogP) is 2.44. The van der Waals surface area contributed by atoms with Gasteiger partial charge in [0.2, 0.25) is 5.95 Å². The van der Waals surface area contributed by atoms with Crippen LogP contribution >= 0.6 is 0 Å². The molecule has 4 aromatic rings. The van der Waals surface area contributed by atoms with Crippen molar-refractivity contribution in [2.75, 3.05) is 18.5 Å². The molecule has 1 fully saturated rings. The third-order valence-electron chi connectivity index (χ3n) is 5.68. The Bertz CT molecular complexity index is 1190. The van der Waals surface area contributed by atoms with E-state index in [0.717, 1.165) is 36.2 Å². The van der Waals surface area contributed by atoms with Gasteiger partial charge in [0.25, 0.3) is 0 Å². The molecule has 10 heteroatoms. The molecule has 0 bridgehead atoms. The Hall–Kier alpha value is -3.37. The average Bonchev–Trinajstić information content (AvgIpc) is 3.54. The Kier molecular flexibility index (Phi) is 5.78. The summed E-state index contributed by atoms with van der Waals surface area (Å²) in [5.41, 5.74) is 4.24. The first-order valence-electron chi connectivity index (χ1n) is 10.9. The van der Waals surface area contributed by atoms with E-state index in [1.165, 1.54) is 0 Å². The van der Waals surface area contributed by atoms with Crippen molar-refractivity contribution in [1.29, 1.82) is 0 Å². The number of benzene rings is 1. The smallest absolute Gasteiger partial charge is 0.225 e. The van der Waals surface area contributed by atoms with Crippen molar-refractivity contribution in [2.24, 2.45) is 0 Å². The first-order chi connectivity index (χ1) is 15.7. The lowest BCUT2D eigenvalue weighted by atomic mass is 10.1. The fraction of sp³-hybridized carbons (Fsp3) is 0.409. The van der Waals surface area contributed by atoms with Crippen LogP contribution in [0.2, 0.25) is 0 Å². The molecule has 166 valence electrons. The second-order valence-corrected chi connectivity index (χ2v) is 7.95. The molecule has 2 N–H and O–H groups in total. The first-order valence-corrected chi connectivity index (χ1v) is 10.9. The van der Waals surface area contributed by atoms with Gasteiger partial charge < -0.3 is 15.2 Å². The molecule has 0 saturated heterocycles. The summed E-state index contributed by atoms with van der Waals surface area (Å²) in [5.74, 6) is 0.524. The molecule has 0 unspecified atom stereocenters. The van der Waals surface area contributed by atoms with Crippen LogP contribution in [0.1, 0.15) is 26.2 Å². The summed E-state index contributed by atoms with van der Waals surface area (Å²) in [6.45, 7) is 4.07. The number of aromatic nitrogens is 7. The molecule has 1 aliphatic rings. The molecule has 1 saturated carbocycles. The summed E-state index contributed by atoms with van der Waals surface area (Å²) in [6, 6.07) is 8.23. The number of aliphatic hydroxyl groups is 1. The Labute approximate surface area is 185 Å². The van der Waals surface area contributed by atoms with Crippen LogP contribution in [0.25, 0.3) is 28.0 Å². The number of fused-ring (bicyclic) bond motifs is 1. The van der Waals surface area contributed by atoms with Gasteiger partial charge in [0, 0.05) is 24.4 Å². The lowest BCUT2D eigenvalue weighted by Crippen LogP contribution is -2.18. The van der Waals surface area contributed by atoms with Crippen molar-refractivity contribution in [2.45, 2.75) is 44.9 Å². The van der Waals surface area contributed by atoms with E-state index in [2.05, 4.69) is 30.7 Å². The third kappa shape index (κ3) is 4.32. The molecule has 0 amide bonds. The highest BCUT2D eigenvalue weighted by Gasteiger charge is 2.23. The van der Waals surface area contributed by atoms with Crippen LogP contribution in [0.5, 0.6) is 0 Å². The van der Waals surface area contributed by atoms with Crippen LogP contribution in [0.4, 0.5) is 5.95 Å². The van der Waals surface area contributed by atoms with Gasteiger partial charge in [-0.15, -0.1) is 5.10 Å². The van der Waals surface area contributed by atoms with Crippen LogP contribution in [-0.4, -0.2) is 65.2 Å². The largest absolute Gasteiger partial charge is 0.393 e. The molecule has 2 atom stereocenters. The van der Waals surface area contributed by atoms with Gasteiger partial charge in [0.05, 0.1) is 37.3 Å². The SMILES string of the molecule is CCOCCn1cc(-c2ccc(-n3nnc4cnc(N[C@@H]5CC[C@@H](O)C5)nc43)cc2)cn1. The highest BCUT2D eigenvalue weighted by Crippen LogP contribution is 2.24. The van der Waals surface area contributed by atoms with E-state index >= 15 is 0 Å². The minimum Gasteiger partial charge on any atom is -0.393 e. The number of nitrogens with one attached hydrogen (secondary N) is 1. The van der Waals surface area contributed by atoms with E-state index in [1.54, 1.807) is 10.9 Å². The minimum absolute atomic E-state index is 0.181. The number of hydrogen-bond acceptors (Lipinski definition) is 8. The van der Waals surface area contributed by atoms with Crippen molar-refractivity contribution in [3.63, 3.8) is 0 Å². The molecule has 0 spiro atoms. The lowest BCUT2D eigenvalue weighted by molar-refractivity contribution is 0.136. The molecule has 32 heavy (non-hydrogen) atoms. The summed E-state index contributed by atoms with van der Waals surface area (Å²) in [5, 5.41) is 25.9. The van der Waals surface area contributed by atoms with Gasteiger partial charge in [-0.05, 0) is 43.9 Å². The van der Waals surface area contributed by atoms with E-state index in [4.69, 9.17) is 4.74 Å². The maximum absolute atomic E-state index is 9.75. The van der Waals surface area contributed by atoms with Crippen molar-refractivity contribution < 1.29 is 9.84 Å². The zero-order valence-electron chi connectivity index (χ0n) is 17.9. The van der Waals surface area contributed by atoms with Crippen molar-refractivity contribution >= 4 is 17.1 Å². The van der Waals surface area contributed by atoms with Gasteiger partial charge in [-0.25, -0.2) is 4.98 Å². The van der Waals surface area contributed by atoms with Crippen LogP contribution in [0, 0.1) is 0 Å². The standard InChI is InChI=1S/C22H26N8O2/c1-2-32-10-9-29-14-16(12-24-29)15-3-6-18(7-4-15)30-21-20(27-28-30)13-23-22(26-21)25-17-5-8-19(31)11-17/h3-4,6-7,12-14,17,19,31H,2,5,8-11H2,1H3,(H,23,25,26)/t17-,19-/m1/s1. The molecule has 3 heterocycles. The Balaban J connectivity index is 1.34. The summed E-state index contributed by atoms with van der Waals surface area (Å²) in [6.07, 6.45) is 7.72. The van der Waals surface area contributed by atoms with Gasteiger partial charge in [-0.2, -0.15) is 14.8 Å².